The van der Waals surface area contributed by atoms with Crippen molar-refractivity contribution >= 4 is 5.91 Å². The summed E-state index contributed by atoms with van der Waals surface area (Å²) in [5.41, 5.74) is -0.251. The van der Waals surface area contributed by atoms with E-state index in [-0.39, 0.29) is 5.54 Å². The van der Waals surface area contributed by atoms with Gasteiger partial charge in [-0.05, 0) is 55.1 Å². The normalized spacial score (nSPS) is 26.2. The number of carbonyl (C=O) groups is 1. The van der Waals surface area contributed by atoms with Crippen LogP contribution in [-0.4, -0.2) is 62.1 Å². The quantitative estimate of drug-likeness (QED) is 0.665. The van der Waals surface area contributed by atoms with E-state index >= 15 is 0 Å². The van der Waals surface area contributed by atoms with E-state index in [2.05, 4.69) is 43.9 Å². The van der Waals surface area contributed by atoms with E-state index in [9.17, 15) is 4.79 Å². The summed E-state index contributed by atoms with van der Waals surface area (Å²) in [5, 5.41) is 13.1. The number of tetrazole rings is 1. The molecule has 1 amide bonds. The van der Waals surface area contributed by atoms with Gasteiger partial charge in [0.25, 0.3) is 0 Å². The Bertz CT molecular complexity index is 675. The number of nitrogens with zero attached hydrogens (tertiary/aromatic N) is 6. The average molecular weight is 403 g/mol. The lowest BCUT2D eigenvalue weighted by atomic mass is 9.94. The molecule has 29 heavy (non-hydrogen) atoms. The molecule has 2 heterocycles. The lowest BCUT2D eigenvalue weighted by Crippen LogP contribution is -2.50. The predicted molar refractivity (Wildman–Crippen MR) is 112 cm³/mol. The zero-order valence-corrected chi connectivity index (χ0v) is 18.4. The summed E-state index contributed by atoms with van der Waals surface area (Å²) in [6, 6.07) is 0.416. The maximum atomic E-state index is 13.0. The summed E-state index contributed by atoms with van der Waals surface area (Å²) in [6.45, 7) is 7.85. The Morgan fingerprint density at radius 3 is 2.48 bits per heavy atom. The Balaban J connectivity index is 1.52. The molecule has 3 fully saturated rings. The van der Waals surface area contributed by atoms with Crippen molar-refractivity contribution in [2.45, 2.75) is 96.1 Å². The van der Waals surface area contributed by atoms with E-state index in [1.165, 1.54) is 38.5 Å². The minimum atomic E-state index is -0.251. The van der Waals surface area contributed by atoms with Crippen LogP contribution >= 0.6 is 0 Å². The van der Waals surface area contributed by atoms with Crippen molar-refractivity contribution in [1.82, 2.24) is 30.0 Å². The molecule has 0 N–H and O–H groups in total. The Kier molecular flexibility index (Phi) is 6.52. The molecular formula is C22H38N6O. The summed E-state index contributed by atoms with van der Waals surface area (Å²) >= 11 is 0. The van der Waals surface area contributed by atoms with E-state index in [4.69, 9.17) is 0 Å². The van der Waals surface area contributed by atoms with Crippen LogP contribution in [0.3, 0.4) is 0 Å². The molecule has 1 aromatic rings. The molecule has 4 rings (SSSR count). The number of likely N-dealkylation sites (N-methyl/N-ethyl adjacent to an activating group) is 1. The maximum Gasteiger partial charge on any atom is 0.222 e. The topological polar surface area (TPSA) is 67.2 Å². The van der Waals surface area contributed by atoms with Crippen LogP contribution in [0.25, 0.3) is 0 Å². The SMILES string of the molecule is CCN(CC)C1(c2nnnn2C2CCCC2)CCN(C(=O)CCC2CCCC2)C1. The Labute approximate surface area is 175 Å². The first kappa shape index (κ1) is 20.8. The second-order valence-corrected chi connectivity index (χ2v) is 9.34. The molecule has 1 aliphatic heterocycles. The van der Waals surface area contributed by atoms with Crippen molar-refractivity contribution in [3.63, 3.8) is 0 Å². The number of rotatable bonds is 8. The van der Waals surface area contributed by atoms with E-state index < -0.39 is 0 Å². The summed E-state index contributed by atoms with van der Waals surface area (Å²) < 4.78 is 2.11. The molecule has 0 radical (unpaired) electrons. The van der Waals surface area contributed by atoms with Gasteiger partial charge in [-0.15, -0.1) is 5.10 Å². The standard InChI is InChI=1S/C22H38N6O/c1-3-27(4-2)22(21-23-24-25-28(21)19-11-7-8-12-19)15-16-26(17-22)20(29)14-13-18-9-5-6-10-18/h18-19H,3-17H2,1-2H3. The van der Waals surface area contributed by atoms with Crippen LogP contribution in [0.2, 0.25) is 0 Å². The van der Waals surface area contributed by atoms with Gasteiger partial charge < -0.3 is 4.90 Å². The van der Waals surface area contributed by atoms with E-state index in [0.717, 1.165) is 63.6 Å². The molecule has 1 saturated heterocycles. The van der Waals surface area contributed by atoms with Gasteiger partial charge in [0.15, 0.2) is 5.82 Å². The van der Waals surface area contributed by atoms with Crippen LogP contribution in [0.4, 0.5) is 0 Å². The van der Waals surface area contributed by atoms with E-state index in [1.807, 2.05) is 0 Å². The molecule has 7 nitrogen and oxygen atoms in total. The predicted octanol–water partition coefficient (Wildman–Crippen LogP) is 3.53. The van der Waals surface area contributed by atoms with E-state index in [1.54, 1.807) is 0 Å². The van der Waals surface area contributed by atoms with Gasteiger partial charge in [-0.2, -0.15) is 0 Å². The molecule has 0 aromatic carbocycles. The molecule has 7 heteroatoms. The van der Waals surface area contributed by atoms with Crippen LogP contribution < -0.4 is 0 Å². The summed E-state index contributed by atoms with van der Waals surface area (Å²) in [4.78, 5) is 17.6. The molecule has 2 aliphatic carbocycles. The lowest BCUT2D eigenvalue weighted by Gasteiger charge is -2.39. The Hall–Kier alpha value is -1.50. The van der Waals surface area contributed by atoms with Crippen LogP contribution in [0.15, 0.2) is 0 Å². The van der Waals surface area contributed by atoms with E-state index in [0.29, 0.717) is 18.4 Å². The fraction of sp³-hybridized carbons (Fsp3) is 0.909. The highest BCUT2D eigenvalue weighted by molar-refractivity contribution is 5.76. The van der Waals surface area contributed by atoms with Gasteiger partial charge in [-0.1, -0.05) is 52.4 Å². The van der Waals surface area contributed by atoms with Gasteiger partial charge in [-0.3, -0.25) is 9.69 Å². The molecule has 1 unspecified atom stereocenters. The van der Waals surface area contributed by atoms with Crippen LogP contribution in [-0.2, 0) is 10.3 Å². The Morgan fingerprint density at radius 2 is 1.79 bits per heavy atom. The number of aromatic nitrogens is 4. The highest BCUT2D eigenvalue weighted by atomic mass is 16.2. The van der Waals surface area contributed by atoms with Crippen LogP contribution in [0, 0.1) is 5.92 Å². The lowest BCUT2D eigenvalue weighted by molar-refractivity contribution is -0.131. The average Bonchev–Trinajstić information content (AvgIpc) is 3.53. The minimum absolute atomic E-state index is 0.251. The number of hydrogen-bond donors (Lipinski definition) is 0. The van der Waals surface area contributed by atoms with Crippen LogP contribution in [0.5, 0.6) is 0 Å². The second-order valence-electron chi connectivity index (χ2n) is 9.34. The third-order valence-corrected chi connectivity index (χ3v) is 7.79. The maximum absolute atomic E-state index is 13.0. The largest absolute Gasteiger partial charge is 0.340 e. The summed E-state index contributed by atoms with van der Waals surface area (Å²) in [7, 11) is 0. The van der Waals surface area contributed by atoms with Gasteiger partial charge >= 0.3 is 0 Å². The van der Waals surface area contributed by atoms with Gasteiger partial charge in [0, 0.05) is 19.5 Å². The molecule has 162 valence electrons. The van der Waals surface area contributed by atoms with Gasteiger partial charge in [0.2, 0.25) is 5.91 Å². The highest BCUT2D eigenvalue weighted by Gasteiger charge is 2.49. The van der Waals surface area contributed by atoms with Crippen molar-refractivity contribution in [1.29, 1.82) is 0 Å². The molecule has 1 aromatic heterocycles. The first-order chi connectivity index (χ1) is 14.2. The number of amides is 1. The highest BCUT2D eigenvalue weighted by Crippen LogP contribution is 2.40. The summed E-state index contributed by atoms with van der Waals surface area (Å²) in [6.07, 6.45) is 12.8. The Morgan fingerprint density at radius 1 is 1.10 bits per heavy atom. The molecule has 0 bridgehead atoms. The zero-order valence-electron chi connectivity index (χ0n) is 18.4. The third-order valence-electron chi connectivity index (χ3n) is 7.79. The van der Waals surface area contributed by atoms with Crippen molar-refractivity contribution < 1.29 is 4.79 Å². The zero-order chi connectivity index (χ0) is 20.3. The summed E-state index contributed by atoms with van der Waals surface area (Å²) in [5.74, 6) is 2.08. The number of likely N-dealkylation sites (tertiary alicyclic amines) is 1. The first-order valence-electron chi connectivity index (χ1n) is 12.0. The number of carbonyl (C=O) groups excluding carboxylic acids is 1. The number of hydrogen-bond acceptors (Lipinski definition) is 5. The molecule has 1 atom stereocenters. The smallest absolute Gasteiger partial charge is 0.222 e. The molecule has 0 spiro atoms. The van der Waals surface area contributed by atoms with Crippen molar-refractivity contribution in [2.75, 3.05) is 26.2 Å². The van der Waals surface area contributed by atoms with Crippen molar-refractivity contribution in [3.8, 4) is 0 Å². The van der Waals surface area contributed by atoms with Gasteiger partial charge in [0.1, 0.15) is 5.54 Å². The van der Waals surface area contributed by atoms with Gasteiger partial charge in [-0.25, -0.2) is 4.68 Å². The molecule has 3 aliphatic rings. The van der Waals surface area contributed by atoms with Crippen molar-refractivity contribution in [2.24, 2.45) is 5.92 Å². The first-order valence-corrected chi connectivity index (χ1v) is 12.0. The fourth-order valence-corrected chi connectivity index (χ4v) is 6.10. The molecule has 2 saturated carbocycles. The van der Waals surface area contributed by atoms with Crippen molar-refractivity contribution in [3.05, 3.63) is 5.82 Å². The third kappa shape index (κ3) is 4.07. The fourth-order valence-electron chi connectivity index (χ4n) is 6.10. The van der Waals surface area contributed by atoms with Crippen LogP contribution in [0.1, 0.15) is 96.3 Å². The van der Waals surface area contributed by atoms with Gasteiger partial charge in [0.05, 0.1) is 6.04 Å². The monoisotopic (exact) mass is 402 g/mol. The second kappa shape index (κ2) is 9.11. The molecular weight excluding hydrogens is 364 g/mol. The minimum Gasteiger partial charge on any atom is -0.340 e.